The van der Waals surface area contributed by atoms with Gasteiger partial charge in [-0.15, -0.1) is 0 Å². The molecule has 0 aromatic heterocycles. The Balaban J connectivity index is 3.45. The van der Waals surface area contributed by atoms with Crippen LogP contribution in [-0.2, 0) is 0 Å². The van der Waals surface area contributed by atoms with E-state index >= 15 is 0 Å². The van der Waals surface area contributed by atoms with Crippen molar-refractivity contribution in [2.45, 2.75) is 13.8 Å². The first-order chi connectivity index (χ1) is 8.40. The summed E-state index contributed by atoms with van der Waals surface area (Å²) in [7, 11) is 0. The maximum Gasteiger partial charge on any atom is 0.336 e. The van der Waals surface area contributed by atoms with E-state index in [1.165, 1.54) is 19.9 Å². The number of aliphatic hydroxyl groups excluding tert-OH is 1. The van der Waals surface area contributed by atoms with Crippen molar-refractivity contribution in [1.29, 1.82) is 0 Å². The molecule has 0 unspecified atom stereocenters. The first-order valence-corrected chi connectivity index (χ1v) is 5.24. The second-order valence-electron chi connectivity index (χ2n) is 3.73. The molecule has 0 aliphatic rings. The summed E-state index contributed by atoms with van der Waals surface area (Å²) in [5.41, 5.74) is 0.330. The van der Waals surface area contributed by atoms with E-state index < -0.39 is 11.9 Å². The molecule has 0 aliphatic carbocycles. The average Bonchev–Trinajstić information content (AvgIpc) is 2.27. The van der Waals surface area contributed by atoms with Crippen molar-refractivity contribution in [3.8, 4) is 5.75 Å². The molecule has 98 valence electrons. The molecule has 0 radical (unpaired) electrons. The van der Waals surface area contributed by atoms with E-state index in [1.807, 2.05) is 0 Å². The molecule has 0 fully saturated rings. The largest absolute Gasteiger partial charge is 0.491 e. The van der Waals surface area contributed by atoms with Crippen molar-refractivity contribution < 1.29 is 29.6 Å². The highest BCUT2D eigenvalue weighted by atomic mass is 16.5. The highest BCUT2D eigenvalue weighted by Crippen LogP contribution is 2.28. The highest BCUT2D eigenvalue weighted by molar-refractivity contribution is 5.98. The number of aromatic carboxylic acids is 2. The second kappa shape index (κ2) is 5.50. The summed E-state index contributed by atoms with van der Waals surface area (Å²) < 4.78 is 5.15. The lowest BCUT2D eigenvalue weighted by atomic mass is 9.96. The molecule has 0 saturated heterocycles. The van der Waals surface area contributed by atoms with Gasteiger partial charge in [-0.3, -0.25) is 0 Å². The number of carbonyl (C=O) groups is 2. The van der Waals surface area contributed by atoms with E-state index in [0.29, 0.717) is 5.56 Å². The normalized spacial score (nSPS) is 10.2. The Morgan fingerprint density at radius 2 is 1.78 bits per heavy atom. The van der Waals surface area contributed by atoms with Gasteiger partial charge in [0.15, 0.2) is 0 Å². The van der Waals surface area contributed by atoms with Gasteiger partial charge < -0.3 is 20.1 Å². The van der Waals surface area contributed by atoms with Crippen LogP contribution >= 0.6 is 0 Å². The molecule has 0 saturated carbocycles. The Kier molecular flexibility index (Phi) is 4.28. The molecular formula is C12H14O6. The lowest BCUT2D eigenvalue weighted by molar-refractivity contribution is 0.0694. The highest BCUT2D eigenvalue weighted by Gasteiger charge is 2.21. The zero-order valence-corrected chi connectivity index (χ0v) is 10.1. The molecule has 0 bridgehead atoms. The molecular weight excluding hydrogens is 240 g/mol. The van der Waals surface area contributed by atoms with Gasteiger partial charge in [-0.2, -0.15) is 0 Å². The smallest absolute Gasteiger partial charge is 0.336 e. The Labute approximate surface area is 103 Å². The van der Waals surface area contributed by atoms with Crippen LogP contribution in [0.2, 0.25) is 0 Å². The van der Waals surface area contributed by atoms with Crippen LogP contribution in [0.5, 0.6) is 5.75 Å². The molecule has 0 heterocycles. The number of ether oxygens (including phenoxy) is 1. The first kappa shape index (κ1) is 14.0. The molecule has 18 heavy (non-hydrogen) atoms. The van der Waals surface area contributed by atoms with Crippen LogP contribution in [-0.4, -0.2) is 40.5 Å². The maximum atomic E-state index is 11.1. The summed E-state index contributed by atoms with van der Waals surface area (Å²) in [6.07, 6.45) is 0. The first-order valence-electron chi connectivity index (χ1n) is 5.24. The van der Waals surface area contributed by atoms with Crippen molar-refractivity contribution in [3.63, 3.8) is 0 Å². The minimum Gasteiger partial charge on any atom is -0.491 e. The van der Waals surface area contributed by atoms with Crippen molar-refractivity contribution >= 4 is 11.9 Å². The number of rotatable bonds is 5. The Bertz CT molecular complexity index is 492. The molecule has 0 amide bonds. The van der Waals surface area contributed by atoms with Gasteiger partial charge in [0.1, 0.15) is 12.4 Å². The number of carboxylic acid groups (broad SMARTS) is 2. The van der Waals surface area contributed by atoms with Gasteiger partial charge in [-0.1, -0.05) is 0 Å². The van der Waals surface area contributed by atoms with Gasteiger partial charge in [0.05, 0.1) is 17.7 Å². The Hall–Kier alpha value is -2.08. The summed E-state index contributed by atoms with van der Waals surface area (Å²) >= 11 is 0. The van der Waals surface area contributed by atoms with E-state index in [2.05, 4.69) is 0 Å². The van der Waals surface area contributed by atoms with Gasteiger partial charge in [0.2, 0.25) is 0 Å². The summed E-state index contributed by atoms with van der Waals surface area (Å²) in [5.74, 6) is -2.27. The van der Waals surface area contributed by atoms with Gasteiger partial charge >= 0.3 is 11.9 Å². The topological polar surface area (TPSA) is 104 Å². The maximum absolute atomic E-state index is 11.1. The number of benzene rings is 1. The molecule has 0 aliphatic heterocycles. The fourth-order valence-electron chi connectivity index (χ4n) is 1.74. The van der Waals surface area contributed by atoms with Crippen molar-refractivity contribution in [1.82, 2.24) is 0 Å². The van der Waals surface area contributed by atoms with Crippen molar-refractivity contribution in [3.05, 3.63) is 28.3 Å². The zero-order valence-electron chi connectivity index (χ0n) is 10.1. The summed E-state index contributed by atoms with van der Waals surface area (Å²) in [6, 6.07) is 1.27. The van der Waals surface area contributed by atoms with Crippen LogP contribution in [0.1, 0.15) is 31.8 Å². The predicted octanol–water partition coefficient (Wildman–Crippen LogP) is 1.07. The van der Waals surface area contributed by atoms with Crippen LogP contribution in [0.15, 0.2) is 6.07 Å². The third kappa shape index (κ3) is 2.60. The zero-order chi connectivity index (χ0) is 13.9. The molecule has 1 aromatic carbocycles. The van der Waals surface area contributed by atoms with Crippen LogP contribution in [0.25, 0.3) is 0 Å². The van der Waals surface area contributed by atoms with Crippen LogP contribution in [0.3, 0.4) is 0 Å². The lowest BCUT2D eigenvalue weighted by Crippen LogP contribution is -2.12. The van der Waals surface area contributed by atoms with Crippen molar-refractivity contribution in [2.75, 3.05) is 13.2 Å². The van der Waals surface area contributed by atoms with E-state index in [0.717, 1.165) is 0 Å². The number of hydrogen-bond acceptors (Lipinski definition) is 4. The standard InChI is InChI=1S/C12H14O6/c1-6-8(11(14)15)5-9(18-4-3-13)7(2)10(6)12(16)17/h5,13H,3-4H2,1-2H3,(H,14,15)(H,16,17). The Morgan fingerprint density at radius 1 is 1.17 bits per heavy atom. The fourth-order valence-corrected chi connectivity index (χ4v) is 1.74. The predicted molar refractivity (Wildman–Crippen MR) is 62.4 cm³/mol. The molecule has 1 aromatic rings. The summed E-state index contributed by atoms with van der Waals surface area (Å²) in [5, 5.41) is 26.8. The lowest BCUT2D eigenvalue weighted by Gasteiger charge is -2.14. The summed E-state index contributed by atoms with van der Waals surface area (Å²) in [4.78, 5) is 22.2. The van der Waals surface area contributed by atoms with Crippen LogP contribution in [0.4, 0.5) is 0 Å². The Morgan fingerprint density at radius 3 is 2.22 bits per heavy atom. The average molecular weight is 254 g/mol. The van der Waals surface area contributed by atoms with E-state index in [9.17, 15) is 9.59 Å². The number of hydrogen-bond donors (Lipinski definition) is 3. The van der Waals surface area contributed by atoms with E-state index in [-0.39, 0.29) is 35.7 Å². The van der Waals surface area contributed by atoms with E-state index in [4.69, 9.17) is 20.1 Å². The van der Waals surface area contributed by atoms with E-state index in [1.54, 1.807) is 0 Å². The molecule has 6 nitrogen and oxygen atoms in total. The molecule has 1 rings (SSSR count). The van der Waals surface area contributed by atoms with Gasteiger partial charge in [0, 0.05) is 5.56 Å². The number of aliphatic hydroxyl groups is 1. The van der Waals surface area contributed by atoms with Gasteiger partial charge in [0.25, 0.3) is 0 Å². The molecule has 0 spiro atoms. The molecule has 3 N–H and O–H groups in total. The quantitative estimate of drug-likeness (QED) is 0.726. The molecule has 6 heteroatoms. The molecule has 0 atom stereocenters. The third-order valence-corrected chi connectivity index (χ3v) is 2.59. The van der Waals surface area contributed by atoms with Crippen LogP contribution in [0, 0.1) is 13.8 Å². The van der Waals surface area contributed by atoms with Crippen molar-refractivity contribution in [2.24, 2.45) is 0 Å². The van der Waals surface area contributed by atoms with Gasteiger partial charge in [-0.25, -0.2) is 9.59 Å². The summed E-state index contributed by atoms with van der Waals surface area (Å²) in [6.45, 7) is 2.71. The second-order valence-corrected chi connectivity index (χ2v) is 3.73. The SMILES string of the molecule is Cc1c(OCCO)cc(C(=O)O)c(C)c1C(=O)O. The number of carboxylic acids is 2. The van der Waals surface area contributed by atoms with Gasteiger partial charge in [-0.05, 0) is 25.5 Å². The fraction of sp³-hybridized carbons (Fsp3) is 0.333. The van der Waals surface area contributed by atoms with Crippen LogP contribution < -0.4 is 4.74 Å². The monoisotopic (exact) mass is 254 g/mol. The minimum atomic E-state index is -1.22. The minimum absolute atomic E-state index is 0.0258. The third-order valence-electron chi connectivity index (χ3n) is 2.59.